The summed E-state index contributed by atoms with van der Waals surface area (Å²) >= 11 is 1.46. The van der Waals surface area contributed by atoms with Gasteiger partial charge in [-0.2, -0.15) is 15.1 Å². The van der Waals surface area contributed by atoms with Crippen molar-refractivity contribution in [3.05, 3.63) is 58.4 Å². The van der Waals surface area contributed by atoms with Crippen LogP contribution in [0.4, 0.5) is 0 Å². The van der Waals surface area contributed by atoms with Gasteiger partial charge in [0.1, 0.15) is 5.04 Å². The molecule has 0 bridgehead atoms. The van der Waals surface area contributed by atoms with Crippen molar-refractivity contribution in [1.82, 2.24) is 9.58 Å². The van der Waals surface area contributed by atoms with Crippen LogP contribution < -0.4 is 0 Å². The number of amidine groups is 2. The molecule has 32 heavy (non-hydrogen) atoms. The Kier molecular flexibility index (Phi) is 5.37. The van der Waals surface area contributed by atoms with Gasteiger partial charge in [-0.05, 0) is 74.7 Å². The Bertz CT molecular complexity index is 1210. The zero-order valence-corrected chi connectivity index (χ0v) is 19.5. The number of fused-ring (bicyclic) bond motifs is 1. The fraction of sp³-hybridized carbons (Fsp3) is 0.360. The van der Waals surface area contributed by atoms with Gasteiger partial charge >= 0.3 is 0 Å². The first-order valence-corrected chi connectivity index (χ1v) is 12.0. The number of hydrazone groups is 1. The van der Waals surface area contributed by atoms with Crippen LogP contribution in [-0.4, -0.2) is 31.5 Å². The average Bonchev–Trinajstić information content (AvgIpc) is 3.33. The van der Waals surface area contributed by atoms with Crippen LogP contribution in [0.15, 0.2) is 46.0 Å². The summed E-state index contributed by atoms with van der Waals surface area (Å²) < 4.78 is 2.19. The molecular formula is C25H27N5OS. The topological polar surface area (TPSA) is 73.8 Å². The fourth-order valence-electron chi connectivity index (χ4n) is 4.80. The molecule has 1 aromatic carbocycles. The second-order valence-corrected chi connectivity index (χ2v) is 9.73. The number of carbonyl (C=O) groups is 1. The number of aromatic nitrogens is 1. The van der Waals surface area contributed by atoms with Crippen molar-refractivity contribution in [2.45, 2.75) is 52.9 Å². The molecule has 1 amide bonds. The maximum atomic E-state index is 12.9. The summed E-state index contributed by atoms with van der Waals surface area (Å²) in [5, 5.41) is 16.5. The highest BCUT2D eigenvalue weighted by molar-refractivity contribution is 8.27. The number of hydrogen-bond acceptors (Lipinski definition) is 4. The Morgan fingerprint density at radius 1 is 1.12 bits per heavy atom. The molecule has 3 heterocycles. The van der Waals surface area contributed by atoms with E-state index in [-0.39, 0.29) is 17.3 Å². The van der Waals surface area contributed by atoms with Crippen LogP contribution >= 0.6 is 11.8 Å². The number of amides is 1. The molecular weight excluding hydrogens is 418 g/mol. The van der Waals surface area contributed by atoms with Gasteiger partial charge in [0.05, 0.1) is 5.57 Å². The third kappa shape index (κ3) is 3.54. The first-order valence-electron chi connectivity index (χ1n) is 11.2. The monoisotopic (exact) mass is 445 g/mol. The van der Waals surface area contributed by atoms with Crippen LogP contribution in [0.3, 0.4) is 0 Å². The van der Waals surface area contributed by atoms with Crippen molar-refractivity contribution in [3.8, 4) is 5.69 Å². The Balaban J connectivity index is 1.49. The van der Waals surface area contributed by atoms with E-state index in [1.54, 1.807) is 11.1 Å². The van der Waals surface area contributed by atoms with Crippen LogP contribution in [0.1, 0.15) is 54.6 Å². The lowest BCUT2D eigenvalue weighted by molar-refractivity contribution is -0.114. The van der Waals surface area contributed by atoms with E-state index in [4.69, 9.17) is 10.5 Å². The SMILES string of the molecule is Cc1ccccc1-n1c(C)cc(/C=C2\C(=N)N3N=C(C4CCCCC4)SC3=NC2=O)c1C. The summed E-state index contributed by atoms with van der Waals surface area (Å²) in [6.45, 7) is 6.20. The Morgan fingerprint density at radius 3 is 2.62 bits per heavy atom. The van der Waals surface area contributed by atoms with Crippen LogP contribution in [0.2, 0.25) is 0 Å². The van der Waals surface area contributed by atoms with Gasteiger partial charge in [-0.25, -0.2) is 0 Å². The summed E-state index contributed by atoms with van der Waals surface area (Å²) in [6, 6.07) is 10.3. The molecule has 0 unspecified atom stereocenters. The van der Waals surface area contributed by atoms with Gasteiger partial charge in [0, 0.05) is 23.0 Å². The van der Waals surface area contributed by atoms with E-state index in [0.29, 0.717) is 11.1 Å². The number of nitrogens with zero attached hydrogens (tertiary/aromatic N) is 4. The van der Waals surface area contributed by atoms with E-state index in [2.05, 4.69) is 41.6 Å². The molecule has 164 valence electrons. The highest BCUT2D eigenvalue weighted by atomic mass is 32.2. The molecule has 0 atom stereocenters. The zero-order chi connectivity index (χ0) is 22.4. The maximum Gasteiger partial charge on any atom is 0.283 e. The molecule has 5 rings (SSSR count). The quantitative estimate of drug-likeness (QED) is 0.625. The van der Waals surface area contributed by atoms with E-state index >= 15 is 0 Å². The largest absolute Gasteiger partial charge is 0.318 e. The van der Waals surface area contributed by atoms with Gasteiger partial charge in [0.25, 0.3) is 5.91 Å². The van der Waals surface area contributed by atoms with Gasteiger partial charge in [-0.1, -0.05) is 37.5 Å². The van der Waals surface area contributed by atoms with Crippen molar-refractivity contribution in [2.24, 2.45) is 16.0 Å². The number of nitrogens with one attached hydrogen (secondary N) is 1. The maximum absolute atomic E-state index is 12.9. The van der Waals surface area contributed by atoms with Crippen molar-refractivity contribution in [2.75, 3.05) is 0 Å². The van der Waals surface area contributed by atoms with Gasteiger partial charge < -0.3 is 4.57 Å². The van der Waals surface area contributed by atoms with Crippen molar-refractivity contribution in [3.63, 3.8) is 0 Å². The van der Waals surface area contributed by atoms with E-state index in [1.807, 2.05) is 19.1 Å². The summed E-state index contributed by atoms with van der Waals surface area (Å²) in [5.74, 6) is 0.166. The molecule has 0 saturated heterocycles. The Morgan fingerprint density at radius 2 is 1.88 bits per heavy atom. The van der Waals surface area contributed by atoms with Crippen LogP contribution in [0.25, 0.3) is 11.8 Å². The minimum atomic E-state index is -0.366. The smallest absolute Gasteiger partial charge is 0.283 e. The Labute approximate surface area is 192 Å². The molecule has 1 fully saturated rings. The van der Waals surface area contributed by atoms with Crippen molar-refractivity contribution in [1.29, 1.82) is 5.41 Å². The highest BCUT2D eigenvalue weighted by Crippen LogP contribution is 2.36. The van der Waals surface area contributed by atoms with Gasteiger partial charge in [-0.15, -0.1) is 0 Å². The van der Waals surface area contributed by atoms with Crippen LogP contribution in [-0.2, 0) is 4.79 Å². The lowest BCUT2D eigenvalue weighted by Gasteiger charge is -2.20. The summed E-state index contributed by atoms with van der Waals surface area (Å²) in [7, 11) is 0. The predicted molar refractivity (Wildman–Crippen MR) is 132 cm³/mol. The van der Waals surface area contributed by atoms with E-state index in [9.17, 15) is 4.79 Å². The second kappa shape index (κ2) is 8.20. The fourth-order valence-corrected chi connectivity index (χ4v) is 5.85. The third-order valence-corrected chi connectivity index (χ3v) is 7.62. The van der Waals surface area contributed by atoms with Gasteiger partial charge in [0.2, 0.25) is 5.17 Å². The summed E-state index contributed by atoms with van der Waals surface area (Å²) in [6.07, 6.45) is 7.76. The molecule has 1 aromatic heterocycles. The summed E-state index contributed by atoms with van der Waals surface area (Å²) in [4.78, 5) is 17.2. The number of thioether (sulfide) groups is 1. The Hall–Kier alpha value is -2.93. The normalized spacial score (nSPS) is 20.6. The zero-order valence-electron chi connectivity index (χ0n) is 18.7. The van der Waals surface area contributed by atoms with Gasteiger partial charge in [-0.3, -0.25) is 10.2 Å². The number of hydrogen-bond donors (Lipinski definition) is 1. The van der Waals surface area contributed by atoms with E-state index < -0.39 is 0 Å². The number of rotatable bonds is 3. The predicted octanol–water partition coefficient (Wildman–Crippen LogP) is 5.60. The second-order valence-electron chi connectivity index (χ2n) is 8.74. The first kappa shape index (κ1) is 20.9. The van der Waals surface area contributed by atoms with Crippen LogP contribution in [0, 0.1) is 32.1 Å². The number of aliphatic imine (C=N–C) groups is 1. The summed E-state index contributed by atoms with van der Waals surface area (Å²) in [5.41, 5.74) is 5.62. The standard InChI is InChI=1S/C25H27N5OS/c1-15-9-7-8-12-21(15)29-16(2)13-19(17(29)3)14-20-22(26)30-25(27-23(20)31)32-24(28-30)18-10-5-4-6-11-18/h7-9,12-14,18,26H,4-6,10-11H2,1-3H3/b20-14+,26-22?. The number of benzene rings is 1. The van der Waals surface area contributed by atoms with E-state index in [1.165, 1.54) is 36.6 Å². The molecule has 0 radical (unpaired) electrons. The average molecular weight is 446 g/mol. The number of carbonyl (C=O) groups excluding carboxylic acids is 1. The van der Waals surface area contributed by atoms with E-state index in [0.717, 1.165) is 40.5 Å². The minimum Gasteiger partial charge on any atom is -0.318 e. The number of aryl methyl sites for hydroxylation is 2. The van der Waals surface area contributed by atoms with Gasteiger partial charge in [0.15, 0.2) is 5.84 Å². The molecule has 7 heteroatoms. The lowest BCUT2D eigenvalue weighted by Crippen LogP contribution is -2.35. The van der Waals surface area contributed by atoms with Crippen LogP contribution in [0.5, 0.6) is 0 Å². The highest BCUT2D eigenvalue weighted by Gasteiger charge is 2.38. The van der Waals surface area contributed by atoms with Crippen molar-refractivity contribution < 1.29 is 4.79 Å². The molecule has 6 nitrogen and oxygen atoms in total. The lowest BCUT2D eigenvalue weighted by atomic mass is 9.90. The minimum absolute atomic E-state index is 0.110. The number of para-hydroxylation sites is 1. The first-order chi connectivity index (χ1) is 15.4. The molecule has 0 spiro atoms. The third-order valence-electron chi connectivity index (χ3n) is 6.55. The molecule has 1 saturated carbocycles. The van der Waals surface area contributed by atoms with Crippen molar-refractivity contribution >= 4 is 39.8 Å². The molecule has 1 N–H and O–H groups in total. The molecule has 1 aliphatic carbocycles. The molecule has 2 aromatic rings. The molecule has 3 aliphatic rings. The molecule has 2 aliphatic heterocycles.